The van der Waals surface area contributed by atoms with Crippen molar-refractivity contribution in [2.24, 2.45) is 7.05 Å². The molecule has 0 fully saturated rings. The molecule has 1 N–H and O–H groups in total. The summed E-state index contributed by atoms with van der Waals surface area (Å²) < 4.78 is 1.57. The van der Waals surface area contributed by atoms with E-state index in [2.05, 4.69) is 10.3 Å². The molecule has 0 unspecified atom stereocenters. The zero-order valence-electron chi connectivity index (χ0n) is 9.99. The molecule has 2 rings (SSSR count). The molecule has 5 heteroatoms. The number of halogens is 1. The van der Waals surface area contributed by atoms with E-state index >= 15 is 0 Å². The smallest absolute Gasteiger partial charge is 0.261 e. The summed E-state index contributed by atoms with van der Waals surface area (Å²) in [5.41, 5.74) is 0.585. The van der Waals surface area contributed by atoms with Gasteiger partial charge in [0.15, 0.2) is 0 Å². The molecule has 2 aromatic rings. The van der Waals surface area contributed by atoms with Gasteiger partial charge in [0.1, 0.15) is 5.82 Å². The van der Waals surface area contributed by atoms with Gasteiger partial charge in [-0.05, 0) is 32.2 Å². The molecule has 1 aromatic heterocycles. The van der Waals surface area contributed by atoms with Crippen LogP contribution in [0.5, 0.6) is 0 Å². The molecule has 0 aliphatic carbocycles. The molecule has 0 amide bonds. The summed E-state index contributed by atoms with van der Waals surface area (Å²) in [7, 11) is 3.56. The molecule has 0 aliphatic rings. The predicted molar refractivity (Wildman–Crippen MR) is 69.5 cm³/mol. The van der Waals surface area contributed by atoms with Crippen molar-refractivity contribution >= 4 is 22.5 Å². The van der Waals surface area contributed by atoms with Crippen LogP contribution in [-0.2, 0) is 7.05 Å². The Hall–Kier alpha value is -1.39. The van der Waals surface area contributed by atoms with Crippen LogP contribution in [0.25, 0.3) is 10.9 Å². The lowest BCUT2D eigenvalue weighted by Crippen LogP contribution is -2.27. The Kier molecular flexibility index (Phi) is 3.17. The van der Waals surface area contributed by atoms with Gasteiger partial charge < -0.3 is 5.32 Å². The molecule has 1 aromatic carbocycles. The van der Waals surface area contributed by atoms with Crippen LogP contribution < -0.4 is 10.9 Å². The number of benzene rings is 1. The Balaban J connectivity index is 2.80. The average Bonchev–Trinajstić information content (AvgIpc) is 2.32. The van der Waals surface area contributed by atoms with E-state index in [4.69, 9.17) is 11.6 Å². The third-order valence-corrected chi connectivity index (χ3v) is 3.13. The van der Waals surface area contributed by atoms with E-state index < -0.39 is 0 Å². The summed E-state index contributed by atoms with van der Waals surface area (Å²) in [5, 5.41) is 4.24. The first-order valence-corrected chi connectivity index (χ1v) is 5.76. The van der Waals surface area contributed by atoms with Gasteiger partial charge in [-0.15, -0.1) is 0 Å². The van der Waals surface area contributed by atoms with Crippen LogP contribution >= 0.6 is 11.6 Å². The fraction of sp³-hybridized carbons (Fsp3) is 0.333. The minimum atomic E-state index is -0.0521. The van der Waals surface area contributed by atoms with Crippen molar-refractivity contribution in [1.29, 1.82) is 0 Å². The van der Waals surface area contributed by atoms with Crippen molar-refractivity contribution < 1.29 is 0 Å². The van der Waals surface area contributed by atoms with Gasteiger partial charge in [-0.25, -0.2) is 4.98 Å². The molecule has 17 heavy (non-hydrogen) atoms. The van der Waals surface area contributed by atoms with Crippen LogP contribution in [0.2, 0.25) is 5.02 Å². The van der Waals surface area contributed by atoms with E-state index in [1.54, 1.807) is 29.8 Å². The first kappa shape index (κ1) is 12.1. The number of fused-ring (bicyclic) bond motifs is 1. The van der Waals surface area contributed by atoms with Gasteiger partial charge in [-0.3, -0.25) is 9.36 Å². The molecule has 90 valence electrons. The Bertz CT molecular complexity index is 621. The first-order valence-electron chi connectivity index (χ1n) is 5.38. The highest BCUT2D eigenvalue weighted by molar-refractivity contribution is 6.31. The van der Waals surface area contributed by atoms with Crippen molar-refractivity contribution in [3.63, 3.8) is 0 Å². The lowest BCUT2D eigenvalue weighted by atomic mass is 10.2. The molecule has 0 saturated carbocycles. The van der Waals surface area contributed by atoms with E-state index in [0.717, 1.165) is 0 Å². The van der Waals surface area contributed by atoms with Crippen LogP contribution in [0, 0.1) is 0 Å². The topological polar surface area (TPSA) is 46.9 Å². The minimum absolute atomic E-state index is 0.0103. The Morgan fingerprint density at radius 3 is 2.82 bits per heavy atom. The molecule has 0 radical (unpaired) electrons. The zero-order chi connectivity index (χ0) is 12.6. The zero-order valence-corrected chi connectivity index (χ0v) is 10.7. The maximum Gasteiger partial charge on any atom is 0.261 e. The van der Waals surface area contributed by atoms with Crippen molar-refractivity contribution in [3.05, 3.63) is 39.4 Å². The number of hydrogen-bond donors (Lipinski definition) is 1. The van der Waals surface area contributed by atoms with Gasteiger partial charge in [0.25, 0.3) is 5.56 Å². The molecule has 0 spiro atoms. The van der Waals surface area contributed by atoms with Crippen molar-refractivity contribution in [1.82, 2.24) is 14.9 Å². The molecule has 0 saturated heterocycles. The Morgan fingerprint density at radius 1 is 1.47 bits per heavy atom. The number of hydrogen-bond acceptors (Lipinski definition) is 3. The van der Waals surface area contributed by atoms with E-state index in [1.165, 1.54) is 0 Å². The molecule has 1 atom stereocenters. The van der Waals surface area contributed by atoms with Crippen LogP contribution in [0.3, 0.4) is 0 Å². The van der Waals surface area contributed by atoms with Crippen molar-refractivity contribution in [2.75, 3.05) is 7.05 Å². The molecular weight excluding hydrogens is 238 g/mol. The second kappa shape index (κ2) is 4.47. The van der Waals surface area contributed by atoms with Gasteiger partial charge in [0, 0.05) is 12.1 Å². The maximum absolute atomic E-state index is 12.1. The van der Waals surface area contributed by atoms with Crippen LogP contribution in [0.4, 0.5) is 0 Å². The molecule has 0 bridgehead atoms. The highest BCUT2D eigenvalue weighted by atomic mass is 35.5. The van der Waals surface area contributed by atoms with Gasteiger partial charge >= 0.3 is 0 Å². The third-order valence-electron chi connectivity index (χ3n) is 2.89. The molecule has 1 heterocycles. The van der Waals surface area contributed by atoms with E-state index in [9.17, 15) is 4.79 Å². The highest BCUT2D eigenvalue weighted by Crippen LogP contribution is 2.17. The highest BCUT2D eigenvalue weighted by Gasteiger charge is 2.12. The van der Waals surface area contributed by atoms with Gasteiger partial charge in [-0.1, -0.05) is 11.6 Å². The molecular formula is C12H14ClN3O. The van der Waals surface area contributed by atoms with Crippen LogP contribution in [0.1, 0.15) is 18.8 Å². The molecule has 4 nitrogen and oxygen atoms in total. The van der Waals surface area contributed by atoms with Crippen molar-refractivity contribution in [3.8, 4) is 0 Å². The predicted octanol–water partition coefficient (Wildman–Crippen LogP) is 1.87. The van der Waals surface area contributed by atoms with Gasteiger partial charge in [0.05, 0.1) is 16.9 Å². The van der Waals surface area contributed by atoms with Crippen LogP contribution in [0.15, 0.2) is 23.0 Å². The number of nitrogens with zero attached hydrogens (tertiary/aromatic N) is 2. The number of rotatable bonds is 2. The minimum Gasteiger partial charge on any atom is -0.311 e. The van der Waals surface area contributed by atoms with E-state index in [0.29, 0.717) is 21.7 Å². The number of aromatic nitrogens is 2. The quantitative estimate of drug-likeness (QED) is 0.886. The van der Waals surface area contributed by atoms with E-state index in [1.807, 2.05) is 14.0 Å². The summed E-state index contributed by atoms with van der Waals surface area (Å²) in [6.07, 6.45) is 0. The summed E-state index contributed by atoms with van der Waals surface area (Å²) in [6, 6.07) is 5.13. The summed E-state index contributed by atoms with van der Waals surface area (Å²) in [4.78, 5) is 16.6. The van der Waals surface area contributed by atoms with Crippen molar-refractivity contribution in [2.45, 2.75) is 13.0 Å². The van der Waals surface area contributed by atoms with E-state index in [-0.39, 0.29) is 11.6 Å². The molecule has 0 aliphatic heterocycles. The Labute approximate surface area is 104 Å². The largest absolute Gasteiger partial charge is 0.311 e. The normalized spacial score (nSPS) is 12.9. The standard InChI is InChI=1S/C12H14ClN3O/c1-7(14-2)11-15-10-6-8(13)4-5-9(10)12(17)16(11)3/h4-7,14H,1-3H3/t7-/m1/s1. The lowest BCUT2D eigenvalue weighted by Gasteiger charge is -2.14. The second-order valence-corrected chi connectivity index (χ2v) is 4.44. The summed E-state index contributed by atoms with van der Waals surface area (Å²) in [5.74, 6) is 0.701. The maximum atomic E-state index is 12.1. The third kappa shape index (κ3) is 2.06. The average molecular weight is 252 g/mol. The fourth-order valence-corrected chi connectivity index (χ4v) is 1.94. The van der Waals surface area contributed by atoms with Crippen LogP contribution in [-0.4, -0.2) is 16.6 Å². The van der Waals surface area contributed by atoms with Gasteiger partial charge in [0.2, 0.25) is 0 Å². The second-order valence-electron chi connectivity index (χ2n) is 4.01. The first-order chi connectivity index (χ1) is 8.04. The van der Waals surface area contributed by atoms with Gasteiger partial charge in [-0.2, -0.15) is 0 Å². The SMILES string of the molecule is CN[C@H](C)c1nc2cc(Cl)ccc2c(=O)n1C. The monoisotopic (exact) mass is 251 g/mol. The summed E-state index contributed by atoms with van der Waals surface area (Å²) >= 11 is 5.91. The fourth-order valence-electron chi connectivity index (χ4n) is 1.78. The summed E-state index contributed by atoms with van der Waals surface area (Å²) in [6.45, 7) is 1.96. The lowest BCUT2D eigenvalue weighted by molar-refractivity contribution is 0.570. The Morgan fingerprint density at radius 2 is 2.18 bits per heavy atom. The number of nitrogens with one attached hydrogen (secondary N) is 1.